The number of carboxylic acids is 1. The van der Waals surface area contributed by atoms with Crippen molar-refractivity contribution < 1.29 is 19.0 Å². The first-order valence-corrected chi connectivity index (χ1v) is 7.82. The minimum Gasteiger partial charge on any atom is -0.478 e. The number of ether oxygens (including phenoxy) is 1. The van der Waals surface area contributed by atoms with Gasteiger partial charge in [0.1, 0.15) is 11.4 Å². The Balaban J connectivity index is 1.83. The van der Waals surface area contributed by atoms with Gasteiger partial charge in [-0.1, -0.05) is 11.6 Å². The van der Waals surface area contributed by atoms with Crippen molar-refractivity contribution in [3.63, 3.8) is 0 Å². The number of hydrogen-bond donors (Lipinski definition) is 1. The highest BCUT2D eigenvalue weighted by atomic mass is 35.5. The molecule has 0 spiro atoms. The van der Waals surface area contributed by atoms with Gasteiger partial charge >= 0.3 is 5.97 Å². The molecule has 130 valence electrons. The lowest BCUT2D eigenvalue weighted by Crippen LogP contribution is -2.19. The standard InChI is InChI=1S/C17H10ClFN4O3/c18-9-1-2-12(19)10(5-9)15-21-7-14-16(22-15)23(8-26-14)13-3-4-20-6-11(13)17(24)25/h1-7H,8H2,(H,24,25). The number of anilines is 2. The Morgan fingerprint density at radius 3 is 2.96 bits per heavy atom. The minimum absolute atomic E-state index is 0.00181. The van der Waals surface area contributed by atoms with Gasteiger partial charge in [-0.3, -0.25) is 9.88 Å². The number of benzene rings is 1. The lowest BCUT2D eigenvalue weighted by molar-refractivity contribution is 0.0697. The fourth-order valence-corrected chi connectivity index (χ4v) is 2.79. The third-order valence-corrected chi connectivity index (χ3v) is 4.06. The van der Waals surface area contributed by atoms with E-state index in [9.17, 15) is 14.3 Å². The molecule has 2 aromatic heterocycles. The van der Waals surface area contributed by atoms with Crippen molar-refractivity contribution in [2.75, 3.05) is 11.6 Å². The molecular formula is C17H10ClFN4O3. The van der Waals surface area contributed by atoms with E-state index in [1.807, 2.05) is 0 Å². The van der Waals surface area contributed by atoms with E-state index in [2.05, 4.69) is 15.0 Å². The van der Waals surface area contributed by atoms with Crippen LogP contribution in [0.1, 0.15) is 10.4 Å². The third kappa shape index (κ3) is 2.70. The molecule has 0 unspecified atom stereocenters. The predicted octanol–water partition coefficient (Wildman–Crippen LogP) is 3.52. The topological polar surface area (TPSA) is 88.4 Å². The smallest absolute Gasteiger partial charge is 0.339 e. The Morgan fingerprint density at radius 2 is 2.15 bits per heavy atom. The highest BCUT2D eigenvalue weighted by Gasteiger charge is 2.28. The molecule has 0 radical (unpaired) electrons. The van der Waals surface area contributed by atoms with Crippen molar-refractivity contribution in [1.29, 1.82) is 0 Å². The Hall–Kier alpha value is -3.26. The maximum atomic E-state index is 14.1. The van der Waals surface area contributed by atoms with Crippen molar-refractivity contribution in [1.82, 2.24) is 15.0 Å². The van der Waals surface area contributed by atoms with Gasteiger partial charge < -0.3 is 9.84 Å². The van der Waals surface area contributed by atoms with Crippen LogP contribution >= 0.6 is 11.6 Å². The molecule has 1 aliphatic rings. The summed E-state index contributed by atoms with van der Waals surface area (Å²) in [5.41, 5.74) is 0.501. The Morgan fingerprint density at radius 1 is 1.31 bits per heavy atom. The fraction of sp³-hybridized carbons (Fsp3) is 0.0588. The highest BCUT2D eigenvalue weighted by Crippen LogP contribution is 2.39. The second-order valence-corrected chi connectivity index (χ2v) is 5.84. The molecule has 0 aliphatic carbocycles. The molecular weight excluding hydrogens is 363 g/mol. The second-order valence-electron chi connectivity index (χ2n) is 5.41. The first-order chi connectivity index (χ1) is 12.5. The number of halogens is 2. The van der Waals surface area contributed by atoms with Gasteiger partial charge in [0.15, 0.2) is 24.1 Å². The van der Waals surface area contributed by atoms with Crippen LogP contribution in [-0.4, -0.2) is 32.8 Å². The summed E-state index contributed by atoms with van der Waals surface area (Å²) in [5.74, 6) is -0.829. The molecule has 0 saturated carbocycles. The van der Waals surface area contributed by atoms with Crippen LogP contribution in [0.15, 0.2) is 42.9 Å². The van der Waals surface area contributed by atoms with Crippen molar-refractivity contribution in [3.05, 3.63) is 59.3 Å². The van der Waals surface area contributed by atoms with E-state index in [0.29, 0.717) is 22.3 Å². The molecule has 1 N–H and O–H groups in total. The molecule has 7 nitrogen and oxygen atoms in total. The predicted molar refractivity (Wildman–Crippen MR) is 91.3 cm³/mol. The first kappa shape index (κ1) is 16.2. The fourth-order valence-electron chi connectivity index (χ4n) is 2.62. The average molecular weight is 373 g/mol. The van der Waals surface area contributed by atoms with E-state index >= 15 is 0 Å². The highest BCUT2D eigenvalue weighted by molar-refractivity contribution is 6.30. The van der Waals surface area contributed by atoms with Gasteiger partial charge in [-0.05, 0) is 24.3 Å². The van der Waals surface area contributed by atoms with Crippen molar-refractivity contribution in [2.24, 2.45) is 0 Å². The molecule has 1 aromatic carbocycles. The van der Waals surface area contributed by atoms with Gasteiger partial charge in [0.05, 0.1) is 17.4 Å². The van der Waals surface area contributed by atoms with Crippen molar-refractivity contribution >= 4 is 29.1 Å². The number of fused-ring (bicyclic) bond motifs is 1. The molecule has 0 fully saturated rings. The van der Waals surface area contributed by atoms with Gasteiger partial charge in [-0.15, -0.1) is 0 Å². The van der Waals surface area contributed by atoms with Crippen LogP contribution in [0.5, 0.6) is 5.75 Å². The summed E-state index contributed by atoms with van der Waals surface area (Å²) in [6.07, 6.45) is 4.13. The van der Waals surface area contributed by atoms with Crippen LogP contribution in [0.4, 0.5) is 15.9 Å². The maximum absolute atomic E-state index is 14.1. The largest absolute Gasteiger partial charge is 0.478 e. The number of hydrogen-bond acceptors (Lipinski definition) is 6. The number of pyridine rings is 1. The molecule has 3 heterocycles. The van der Waals surface area contributed by atoms with Crippen molar-refractivity contribution in [3.8, 4) is 17.1 Å². The number of aromatic nitrogens is 3. The van der Waals surface area contributed by atoms with Gasteiger partial charge in [0.2, 0.25) is 0 Å². The van der Waals surface area contributed by atoms with Crippen LogP contribution in [0.3, 0.4) is 0 Å². The lowest BCUT2D eigenvalue weighted by Gasteiger charge is -2.17. The van der Waals surface area contributed by atoms with Gasteiger partial charge in [-0.2, -0.15) is 0 Å². The van der Waals surface area contributed by atoms with E-state index in [1.165, 1.54) is 36.8 Å². The number of carboxylic acid groups (broad SMARTS) is 1. The Labute approximate surface area is 151 Å². The summed E-state index contributed by atoms with van der Waals surface area (Å²) in [6.45, 7) is 0.0514. The quantitative estimate of drug-likeness (QED) is 0.752. The zero-order chi connectivity index (χ0) is 18.3. The van der Waals surface area contributed by atoms with Crippen LogP contribution < -0.4 is 9.64 Å². The van der Waals surface area contributed by atoms with Crippen LogP contribution in [0.2, 0.25) is 5.02 Å². The van der Waals surface area contributed by atoms with E-state index in [0.717, 1.165) is 0 Å². The summed E-state index contributed by atoms with van der Waals surface area (Å²) in [4.78, 5) is 25.3. The summed E-state index contributed by atoms with van der Waals surface area (Å²) in [6, 6.07) is 5.63. The zero-order valence-corrected chi connectivity index (χ0v) is 13.8. The lowest BCUT2D eigenvalue weighted by atomic mass is 10.2. The van der Waals surface area contributed by atoms with Gasteiger partial charge in [0.25, 0.3) is 0 Å². The van der Waals surface area contributed by atoms with Crippen LogP contribution in [0, 0.1) is 5.82 Å². The van der Waals surface area contributed by atoms with Crippen LogP contribution in [-0.2, 0) is 0 Å². The van der Waals surface area contributed by atoms with E-state index in [1.54, 1.807) is 11.0 Å². The summed E-state index contributed by atoms with van der Waals surface area (Å²) in [7, 11) is 0. The number of rotatable bonds is 3. The normalized spacial score (nSPS) is 12.6. The molecule has 0 amide bonds. The molecule has 26 heavy (non-hydrogen) atoms. The number of carbonyl (C=O) groups is 1. The van der Waals surface area contributed by atoms with E-state index < -0.39 is 11.8 Å². The molecule has 1 aliphatic heterocycles. The van der Waals surface area contributed by atoms with Crippen LogP contribution in [0.25, 0.3) is 11.4 Å². The van der Waals surface area contributed by atoms with E-state index in [4.69, 9.17) is 16.3 Å². The summed E-state index contributed by atoms with van der Waals surface area (Å²) < 4.78 is 19.6. The molecule has 9 heteroatoms. The monoisotopic (exact) mass is 372 g/mol. The SMILES string of the molecule is O=C(O)c1cnccc1N1COc2cnc(-c3cc(Cl)ccc3F)nc21. The minimum atomic E-state index is -1.13. The number of nitrogens with zero attached hydrogens (tertiary/aromatic N) is 4. The molecule has 4 rings (SSSR count). The van der Waals surface area contributed by atoms with E-state index in [-0.39, 0.29) is 23.7 Å². The summed E-state index contributed by atoms with van der Waals surface area (Å²) in [5, 5.41) is 9.72. The maximum Gasteiger partial charge on any atom is 0.339 e. The zero-order valence-electron chi connectivity index (χ0n) is 13.1. The summed E-state index contributed by atoms with van der Waals surface area (Å²) >= 11 is 5.93. The molecule has 0 bridgehead atoms. The van der Waals surface area contributed by atoms with Crippen molar-refractivity contribution in [2.45, 2.75) is 0 Å². The van der Waals surface area contributed by atoms with Gasteiger partial charge in [0, 0.05) is 17.4 Å². The Bertz CT molecular complexity index is 1030. The third-order valence-electron chi connectivity index (χ3n) is 3.83. The second kappa shape index (κ2) is 6.23. The molecule has 3 aromatic rings. The first-order valence-electron chi connectivity index (χ1n) is 7.44. The Kier molecular flexibility index (Phi) is 3.89. The molecule has 0 saturated heterocycles. The average Bonchev–Trinajstić information content (AvgIpc) is 3.06. The molecule has 0 atom stereocenters. The number of aromatic carboxylic acids is 1. The van der Waals surface area contributed by atoms with Gasteiger partial charge in [-0.25, -0.2) is 19.2 Å².